The first kappa shape index (κ1) is 17.9. The van der Waals surface area contributed by atoms with Crippen LogP contribution in [0.3, 0.4) is 0 Å². The van der Waals surface area contributed by atoms with Gasteiger partial charge in [-0.1, -0.05) is 0 Å². The van der Waals surface area contributed by atoms with Crippen molar-refractivity contribution in [2.75, 3.05) is 13.1 Å². The fourth-order valence-corrected chi connectivity index (χ4v) is 3.58. The molecule has 1 aromatic heterocycles. The highest BCUT2D eigenvalue weighted by molar-refractivity contribution is 5.69. The van der Waals surface area contributed by atoms with Gasteiger partial charge in [-0.2, -0.15) is 5.10 Å². The Morgan fingerprint density at radius 1 is 1.32 bits per heavy atom. The number of hydrogen-bond donors (Lipinski definition) is 0. The molecule has 138 valence electrons. The van der Waals surface area contributed by atoms with Crippen LogP contribution in [0.5, 0.6) is 0 Å². The van der Waals surface area contributed by atoms with Gasteiger partial charge in [-0.25, -0.2) is 4.79 Å². The predicted molar refractivity (Wildman–Crippen MR) is 91.1 cm³/mol. The molecule has 0 unspecified atom stereocenters. The second-order valence-corrected chi connectivity index (χ2v) is 8.42. The Kier molecular flexibility index (Phi) is 4.18. The molecule has 0 aromatic carbocycles. The van der Waals surface area contributed by atoms with Crippen LogP contribution in [-0.4, -0.2) is 45.8 Å². The summed E-state index contributed by atoms with van der Waals surface area (Å²) in [5, 5.41) is 4.50. The molecule has 25 heavy (non-hydrogen) atoms. The number of fused-ring (bicyclic) bond motifs is 1. The topological polar surface area (TPSA) is 73.7 Å². The highest BCUT2D eigenvalue weighted by atomic mass is 16.6. The van der Waals surface area contributed by atoms with Gasteiger partial charge in [-0.3, -0.25) is 4.68 Å². The normalized spacial score (nSPS) is 21.7. The average Bonchev–Trinajstić information content (AvgIpc) is 3.08. The van der Waals surface area contributed by atoms with Gasteiger partial charge in [0.1, 0.15) is 23.0 Å². The molecule has 1 aromatic rings. The summed E-state index contributed by atoms with van der Waals surface area (Å²) in [5.74, 6) is 0. The number of piperidine rings is 1. The van der Waals surface area contributed by atoms with Crippen molar-refractivity contribution >= 4 is 12.4 Å². The van der Waals surface area contributed by atoms with Crippen molar-refractivity contribution in [3.63, 3.8) is 0 Å². The van der Waals surface area contributed by atoms with Crippen LogP contribution in [0.2, 0.25) is 0 Å². The summed E-state index contributed by atoms with van der Waals surface area (Å²) in [6.07, 6.45) is 3.46. The van der Waals surface area contributed by atoms with Crippen molar-refractivity contribution in [2.45, 2.75) is 70.8 Å². The second-order valence-electron chi connectivity index (χ2n) is 8.42. The first-order valence-corrected chi connectivity index (χ1v) is 8.74. The number of rotatable bonds is 2. The van der Waals surface area contributed by atoms with Gasteiger partial charge in [0.15, 0.2) is 0 Å². The zero-order valence-electron chi connectivity index (χ0n) is 15.7. The molecule has 0 aliphatic carbocycles. The Morgan fingerprint density at radius 3 is 2.52 bits per heavy atom. The van der Waals surface area contributed by atoms with Crippen LogP contribution in [-0.2, 0) is 32.0 Å². The van der Waals surface area contributed by atoms with Crippen LogP contribution in [0.25, 0.3) is 0 Å². The summed E-state index contributed by atoms with van der Waals surface area (Å²) < 4.78 is 13.1. The van der Waals surface area contributed by atoms with Gasteiger partial charge in [-0.15, -0.1) is 0 Å². The monoisotopic (exact) mass is 349 g/mol. The molecule has 3 rings (SSSR count). The van der Waals surface area contributed by atoms with Gasteiger partial charge in [0, 0.05) is 18.7 Å². The van der Waals surface area contributed by atoms with Crippen molar-refractivity contribution in [3.8, 4) is 0 Å². The lowest BCUT2D eigenvalue weighted by atomic mass is 9.88. The molecular weight excluding hydrogens is 322 g/mol. The van der Waals surface area contributed by atoms with E-state index in [0.717, 1.165) is 17.5 Å². The van der Waals surface area contributed by atoms with Gasteiger partial charge in [0.25, 0.3) is 0 Å². The largest absolute Gasteiger partial charge is 0.444 e. The fraction of sp³-hybridized carbons (Fsp3) is 0.722. The summed E-state index contributed by atoms with van der Waals surface area (Å²) in [6, 6.07) is 0. The van der Waals surface area contributed by atoms with Crippen LogP contribution in [0.4, 0.5) is 4.79 Å². The molecule has 0 N–H and O–H groups in total. The molecule has 1 amide bonds. The summed E-state index contributed by atoms with van der Waals surface area (Å²) in [5.41, 5.74) is 0.257. The number of likely N-dealkylation sites (tertiary alicyclic amines) is 1. The molecule has 0 spiro atoms. The SMILES string of the molecule is CC(C)(C)OC(=O)N1CCC(C=O)(n2ncc3c2C(C)(C)OC3)CC1. The van der Waals surface area contributed by atoms with Gasteiger partial charge >= 0.3 is 6.09 Å². The van der Waals surface area contributed by atoms with Gasteiger partial charge in [-0.05, 0) is 47.5 Å². The summed E-state index contributed by atoms with van der Waals surface area (Å²) >= 11 is 0. The first-order chi connectivity index (χ1) is 11.6. The van der Waals surface area contributed by atoms with E-state index in [1.165, 1.54) is 0 Å². The maximum absolute atomic E-state index is 12.3. The number of amides is 1. The molecule has 0 saturated carbocycles. The van der Waals surface area contributed by atoms with Crippen molar-refractivity contribution in [3.05, 3.63) is 17.5 Å². The van der Waals surface area contributed by atoms with Gasteiger partial charge in [0.05, 0.1) is 18.5 Å². The van der Waals surface area contributed by atoms with Crippen molar-refractivity contribution in [1.82, 2.24) is 14.7 Å². The van der Waals surface area contributed by atoms with Crippen LogP contribution < -0.4 is 0 Å². The molecule has 2 aliphatic heterocycles. The minimum absolute atomic E-state index is 0.332. The third-order valence-corrected chi connectivity index (χ3v) is 4.93. The van der Waals surface area contributed by atoms with E-state index >= 15 is 0 Å². The van der Waals surface area contributed by atoms with Crippen molar-refractivity contribution in [1.29, 1.82) is 0 Å². The van der Waals surface area contributed by atoms with Crippen molar-refractivity contribution < 1.29 is 19.1 Å². The number of carbonyl (C=O) groups excluding carboxylic acids is 2. The fourth-order valence-electron chi connectivity index (χ4n) is 3.58. The molecule has 0 atom stereocenters. The number of nitrogens with zero attached hydrogens (tertiary/aromatic N) is 3. The summed E-state index contributed by atoms with van der Waals surface area (Å²) in [6.45, 7) is 11.0. The first-order valence-electron chi connectivity index (χ1n) is 8.74. The second kappa shape index (κ2) is 5.83. The smallest absolute Gasteiger partial charge is 0.410 e. The number of ether oxygens (including phenoxy) is 2. The van der Waals surface area contributed by atoms with Gasteiger partial charge < -0.3 is 19.2 Å². The number of aromatic nitrogens is 2. The number of carbonyl (C=O) groups is 2. The van der Waals surface area contributed by atoms with Crippen molar-refractivity contribution in [2.24, 2.45) is 0 Å². The summed E-state index contributed by atoms with van der Waals surface area (Å²) in [7, 11) is 0. The molecule has 7 heteroatoms. The van der Waals surface area contributed by atoms with E-state index in [4.69, 9.17) is 9.47 Å². The van der Waals surface area contributed by atoms with E-state index in [1.807, 2.05) is 39.3 Å². The lowest BCUT2D eigenvalue weighted by Crippen LogP contribution is -2.51. The molecule has 0 radical (unpaired) electrons. The standard InChI is InChI=1S/C18H27N3O4/c1-16(2,3)25-15(23)20-8-6-18(12-22,7-9-20)21-14-13(10-19-21)11-24-17(14,4)5/h10,12H,6-9,11H2,1-5H3. The highest BCUT2D eigenvalue weighted by Crippen LogP contribution is 2.40. The molecule has 0 bridgehead atoms. The quantitative estimate of drug-likeness (QED) is 0.767. The Hall–Kier alpha value is -1.89. The maximum atomic E-state index is 12.3. The van der Waals surface area contributed by atoms with Crippen LogP contribution in [0, 0.1) is 0 Å². The minimum Gasteiger partial charge on any atom is -0.444 e. The van der Waals surface area contributed by atoms with Crippen LogP contribution in [0.1, 0.15) is 58.7 Å². The Bertz CT molecular complexity index is 679. The van der Waals surface area contributed by atoms with E-state index < -0.39 is 16.7 Å². The molecule has 1 fully saturated rings. The molecule has 1 saturated heterocycles. The third kappa shape index (κ3) is 3.17. The Labute approximate surface area is 148 Å². The lowest BCUT2D eigenvalue weighted by molar-refractivity contribution is -0.118. The van der Waals surface area contributed by atoms with E-state index in [0.29, 0.717) is 32.5 Å². The molecule has 7 nitrogen and oxygen atoms in total. The zero-order chi connectivity index (χ0) is 18.5. The van der Waals surface area contributed by atoms with E-state index in [-0.39, 0.29) is 6.09 Å². The predicted octanol–water partition coefficient (Wildman–Crippen LogP) is 2.57. The molecule has 2 aliphatic rings. The Morgan fingerprint density at radius 2 is 1.96 bits per heavy atom. The number of hydrogen-bond acceptors (Lipinski definition) is 5. The van der Waals surface area contributed by atoms with E-state index in [9.17, 15) is 9.59 Å². The third-order valence-electron chi connectivity index (χ3n) is 4.93. The lowest BCUT2D eigenvalue weighted by Gasteiger charge is -2.40. The minimum atomic E-state index is -0.739. The molecular formula is C18H27N3O4. The van der Waals surface area contributed by atoms with Gasteiger partial charge in [0.2, 0.25) is 0 Å². The molecule has 3 heterocycles. The summed E-state index contributed by atoms with van der Waals surface area (Å²) in [4.78, 5) is 26.0. The Balaban J connectivity index is 1.80. The zero-order valence-corrected chi connectivity index (χ0v) is 15.7. The average molecular weight is 349 g/mol. The van der Waals surface area contributed by atoms with E-state index in [1.54, 1.807) is 11.1 Å². The van der Waals surface area contributed by atoms with Crippen LogP contribution in [0.15, 0.2) is 6.20 Å². The maximum Gasteiger partial charge on any atom is 0.410 e. The highest BCUT2D eigenvalue weighted by Gasteiger charge is 2.45. The van der Waals surface area contributed by atoms with E-state index in [2.05, 4.69) is 5.10 Å². The van der Waals surface area contributed by atoms with Crippen LogP contribution >= 0.6 is 0 Å². The number of aldehydes is 1.